The van der Waals surface area contributed by atoms with Gasteiger partial charge < -0.3 is 15.4 Å². The second kappa shape index (κ2) is 10.8. The van der Waals surface area contributed by atoms with E-state index in [1.807, 2.05) is 32.2 Å². The number of nitrogens with one attached hydrogen (secondary N) is 2. The first kappa shape index (κ1) is 21.9. The summed E-state index contributed by atoms with van der Waals surface area (Å²) in [6.45, 7) is 6.34. The quantitative estimate of drug-likeness (QED) is 0.277. The SMILES string of the molecule is CCNC(=O)N[C@@H]1[C@@H](N=[N+]=[N-])CC(C(=O)c2cccs2)=C[C@H]1OC(CC)CC. The van der Waals surface area contributed by atoms with Crippen molar-refractivity contribution in [1.29, 1.82) is 0 Å². The van der Waals surface area contributed by atoms with Gasteiger partial charge in [-0.25, -0.2) is 4.79 Å². The fraction of sp³-hybridized carbons (Fsp3) is 0.579. The average Bonchev–Trinajstić information content (AvgIpc) is 3.22. The van der Waals surface area contributed by atoms with Crippen LogP contribution in [0.1, 0.15) is 49.7 Å². The van der Waals surface area contributed by atoms with E-state index in [2.05, 4.69) is 20.7 Å². The van der Waals surface area contributed by atoms with Crippen LogP contribution in [0.25, 0.3) is 10.4 Å². The number of urea groups is 1. The minimum absolute atomic E-state index is 0.0253. The van der Waals surface area contributed by atoms with Gasteiger partial charge in [-0.2, -0.15) is 0 Å². The van der Waals surface area contributed by atoms with Gasteiger partial charge in [0.25, 0.3) is 0 Å². The van der Waals surface area contributed by atoms with Crippen LogP contribution in [0.2, 0.25) is 0 Å². The molecule has 3 atom stereocenters. The molecule has 2 rings (SSSR count). The number of amides is 2. The van der Waals surface area contributed by atoms with Crippen LogP contribution in [0.5, 0.6) is 0 Å². The number of ether oxygens (including phenoxy) is 1. The summed E-state index contributed by atoms with van der Waals surface area (Å²) in [5, 5.41) is 11.3. The molecule has 0 spiro atoms. The van der Waals surface area contributed by atoms with Gasteiger partial charge >= 0.3 is 6.03 Å². The van der Waals surface area contributed by atoms with Crippen molar-refractivity contribution in [2.75, 3.05) is 6.54 Å². The van der Waals surface area contributed by atoms with Crippen LogP contribution >= 0.6 is 11.3 Å². The Morgan fingerprint density at radius 3 is 2.71 bits per heavy atom. The zero-order chi connectivity index (χ0) is 20.5. The predicted octanol–water partition coefficient (Wildman–Crippen LogP) is 4.20. The molecule has 152 valence electrons. The van der Waals surface area contributed by atoms with E-state index in [1.165, 1.54) is 11.3 Å². The van der Waals surface area contributed by atoms with Gasteiger partial charge in [0.2, 0.25) is 0 Å². The molecule has 28 heavy (non-hydrogen) atoms. The highest BCUT2D eigenvalue weighted by atomic mass is 32.1. The van der Waals surface area contributed by atoms with E-state index >= 15 is 0 Å². The van der Waals surface area contributed by atoms with Crippen molar-refractivity contribution in [3.05, 3.63) is 44.5 Å². The molecular formula is C19H27N5O3S. The number of Topliss-reactive ketones (excluding diaryl/α,β-unsaturated/α-hetero) is 1. The van der Waals surface area contributed by atoms with E-state index in [-0.39, 0.29) is 24.3 Å². The first-order valence-corrected chi connectivity index (χ1v) is 10.4. The number of carbonyl (C=O) groups excluding carboxylic acids is 2. The normalized spacial score (nSPS) is 21.6. The van der Waals surface area contributed by atoms with E-state index in [0.717, 1.165) is 12.8 Å². The standard InChI is InChI=1S/C19H27N5O3S/c1-4-13(5-2)27-15-11-12(18(25)16-8-7-9-28-16)10-14(23-24-20)17(15)22-19(26)21-6-3/h7-9,11,13-15,17H,4-6,10H2,1-3H3,(H2,21,22,26)/t14-,15+,17+/m0/s1. The summed E-state index contributed by atoms with van der Waals surface area (Å²) >= 11 is 1.37. The Labute approximate surface area is 169 Å². The van der Waals surface area contributed by atoms with Crippen molar-refractivity contribution in [2.45, 2.75) is 64.3 Å². The average molecular weight is 406 g/mol. The van der Waals surface area contributed by atoms with Gasteiger partial charge in [0.05, 0.1) is 29.2 Å². The molecular weight excluding hydrogens is 378 g/mol. The molecule has 0 radical (unpaired) electrons. The van der Waals surface area contributed by atoms with Crippen LogP contribution in [0, 0.1) is 0 Å². The van der Waals surface area contributed by atoms with Crippen LogP contribution in [-0.2, 0) is 4.74 Å². The van der Waals surface area contributed by atoms with Crippen LogP contribution in [0.15, 0.2) is 34.3 Å². The van der Waals surface area contributed by atoms with E-state index < -0.39 is 18.2 Å². The topological polar surface area (TPSA) is 116 Å². The minimum Gasteiger partial charge on any atom is -0.369 e. The number of azide groups is 1. The third kappa shape index (κ3) is 5.58. The number of carbonyl (C=O) groups is 2. The molecule has 8 nitrogen and oxygen atoms in total. The van der Waals surface area contributed by atoms with Crippen molar-refractivity contribution < 1.29 is 14.3 Å². The first-order chi connectivity index (χ1) is 13.5. The molecule has 2 amide bonds. The molecule has 1 aliphatic rings. The molecule has 0 saturated carbocycles. The van der Waals surface area contributed by atoms with E-state index in [9.17, 15) is 9.59 Å². The number of ketones is 1. The minimum atomic E-state index is -0.615. The second-order valence-corrected chi connectivity index (χ2v) is 7.49. The molecule has 2 N–H and O–H groups in total. The number of rotatable bonds is 9. The molecule has 1 aliphatic carbocycles. The molecule has 9 heteroatoms. The van der Waals surface area contributed by atoms with Crippen LogP contribution in [0.3, 0.4) is 0 Å². The number of nitrogens with zero attached hydrogens (tertiary/aromatic N) is 3. The van der Waals surface area contributed by atoms with Crippen molar-refractivity contribution in [3.8, 4) is 0 Å². The van der Waals surface area contributed by atoms with Gasteiger partial charge in [0.15, 0.2) is 5.78 Å². The lowest BCUT2D eigenvalue weighted by molar-refractivity contribution is -0.0147. The smallest absolute Gasteiger partial charge is 0.315 e. The summed E-state index contributed by atoms with van der Waals surface area (Å²) in [4.78, 5) is 28.6. The molecule has 0 fully saturated rings. The Kier molecular flexibility index (Phi) is 8.50. The van der Waals surface area contributed by atoms with Gasteiger partial charge in [-0.3, -0.25) is 4.79 Å². The van der Waals surface area contributed by atoms with Crippen LogP contribution in [0.4, 0.5) is 4.79 Å². The lowest BCUT2D eigenvalue weighted by atomic mass is 9.86. The number of hydrogen-bond donors (Lipinski definition) is 2. The Morgan fingerprint density at radius 2 is 2.14 bits per heavy atom. The van der Waals surface area contributed by atoms with E-state index in [0.29, 0.717) is 17.0 Å². The van der Waals surface area contributed by atoms with Gasteiger partial charge in [0.1, 0.15) is 0 Å². The van der Waals surface area contributed by atoms with Gasteiger partial charge in [-0.15, -0.1) is 11.3 Å². The Morgan fingerprint density at radius 1 is 1.39 bits per heavy atom. The first-order valence-electron chi connectivity index (χ1n) is 9.56. The van der Waals surface area contributed by atoms with E-state index in [1.54, 1.807) is 12.1 Å². The summed E-state index contributed by atoms with van der Waals surface area (Å²) in [5.74, 6) is -0.0947. The number of hydrogen-bond acceptors (Lipinski definition) is 5. The number of thiophene rings is 1. The highest BCUT2D eigenvalue weighted by molar-refractivity contribution is 7.12. The summed E-state index contributed by atoms with van der Waals surface area (Å²) in [6, 6.07) is 2.07. The summed E-state index contributed by atoms with van der Waals surface area (Å²) in [7, 11) is 0. The van der Waals surface area contributed by atoms with Gasteiger partial charge in [0, 0.05) is 17.0 Å². The zero-order valence-corrected chi connectivity index (χ0v) is 17.2. The Bertz CT molecular complexity index is 739. The largest absolute Gasteiger partial charge is 0.369 e. The monoisotopic (exact) mass is 405 g/mol. The zero-order valence-electron chi connectivity index (χ0n) is 16.4. The molecule has 0 bridgehead atoms. The lowest BCUT2D eigenvalue weighted by Gasteiger charge is -2.36. The third-order valence-corrected chi connectivity index (χ3v) is 5.56. The Hall–Kier alpha value is -2.35. The Balaban J connectivity index is 2.37. The maximum Gasteiger partial charge on any atom is 0.315 e. The van der Waals surface area contributed by atoms with Crippen molar-refractivity contribution in [3.63, 3.8) is 0 Å². The molecule has 0 aliphatic heterocycles. The summed E-state index contributed by atoms with van der Waals surface area (Å²) in [6.07, 6.45) is 3.05. The fourth-order valence-corrected chi connectivity index (χ4v) is 3.92. The predicted molar refractivity (Wildman–Crippen MR) is 110 cm³/mol. The van der Waals surface area contributed by atoms with Crippen molar-refractivity contribution in [1.82, 2.24) is 10.6 Å². The second-order valence-electron chi connectivity index (χ2n) is 6.54. The van der Waals surface area contributed by atoms with Crippen molar-refractivity contribution in [2.24, 2.45) is 5.11 Å². The van der Waals surface area contributed by atoms with E-state index in [4.69, 9.17) is 10.3 Å². The summed E-state index contributed by atoms with van der Waals surface area (Å²) < 4.78 is 6.20. The van der Waals surface area contributed by atoms with Gasteiger partial charge in [-0.05, 0) is 49.2 Å². The fourth-order valence-electron chi connectivity index (χ4n) is 3.22. The molecule has 1 aromatic heterocycles. The summed E-state index contributed by atoms with van der Waals surface area (Å²) in [5.41, 5.74) is 9.58. The van der Waals surface area contributed by atoms with Gasteiger partial charge in [-0.1, -0.05) is 25.0 Å². The van der Waals surface area contributed by atoms with Crippen molar-refractivity contribution >= 4 is 23.2 Å². The highest BCUT2D eigenvalue weighted by Crippen LogP contribution is 2.29. The maximum absolute atomic E-state index is 12.9. The molecule has 0 saturated heterocycles. The highest BCUT2D eigenvalue weighted by Gasteiger charge is 2.37. The van der Waals surface area contributed by atoms with Crippen LogP contribution < -0.4 is 10.6 Å². The third-order valence-electron chi connectivity index (χ3n) is 4.69. The van der Waals surface area contributed by atoms with Crippen LogP contribution in [-0.4, -0.2) is 42.7 Å². The molecule has 0 unspecified atom stereocenters. The molecule has 1 heterocycles. The molecule has 0 aromatic carbocycles. The maximum atomic E-state index is 12.9. The lowest BCUT2D eigenvalue weighted by Crippen LogP contribution is -2.55. The molecule has 1 aromatic rings.